The highest BCUT2D eigenvalue weighted by Gasteiger charge is 2.21. The van der Waals surface area contributed by atoms with Crippen molar-refractivity contribution >= 4 is 16.6 Å². The quantitative estimate of drug-likeness (QED) is 0.254. The lowest BCUT2D eigenvalue weighted by atomic mass is 10.0. The number of nitrogens with one attached hydrogen (secondary N) is 1. The Kier molecular flexibility index (Phi) is 15.5. The Morgan fingerprint density at radius 3 is 2.08 bits per heavy atom. The van der Waals surface area contributed by atoms with E-state index in [2.05, 4.69) is 73.0 Å². The molecule has 0 spiro atoms. The molecular weight excluding hydrogens is 448 g/mol. The number of nitrogens with zero attached hydrogens (tertiary/aromatic N) is 3. The van der Waals surface area contributed by atoms with Crippen molar-refractivity contribution in [2.75, 3.05) is 31.7 Å². The zero-order valence-corrected chi connectivity index (χ0v) is 24.3. The summed E-state index contributed by atoms with van der Waals surface area (Å²) in [6, 6.07) is 8.29. The summed E-state index contributed by atoms with van der Waals surface area (Å²) in [7, 11) is 0. The number of hydrogen-bond acceptors (Lipinski definition) is 5. The number of hydrogen-bond donors (Lipinski definition) is 1. The predicted octanol–water partition coefficient (Wildman–Crippen LogP) is 8.31. The Bertz CT molecular complexity index is 979. The second-order valence-corrected chi connectivity index (χ2v) is 8.58. The maximum Gasteiger partial charge on any atom is 0.158 e. The molecule has 3 rings (SSSR count). The average molecular weight is 499 g/mol. The van der Waals surface area contributed by atoms with Gasteiger partial charge in [-0.05, 0) is 69.7 Å². The molecule has 0 saturated heterocycles. The van der Waals surface area contributed by atoms with Crippen molar-refractivity contribution in [3.63, 3.8) is 0 Å². The number of aromatic nitrogens is 3. The van der Waals surface area contributed by atoms with Crippen molar-refractivity contribution in [3.8, 4) is 11.4 Å². The summed E-state index contributed by atoms with van der Waals surface area (Å²) in [6.45, 7) is 22.4. The van der Waals surface area contributed by atoms with Crippen molar-refractivity contribution < 1.29 is 9.47 Å². The van der Waals surface area contributed by atoms with Gasteiger partial charge in [0.05, 0.1) is 12.3 Å². The number of aryl methyl sites for hydroxylation is 1. The average Bonchev–Trinajstić information content (AvgIpc) is 3.32. The van der Waals surface area contributed by atoms with Gasteiger partial charge in [-0.2, -0.15) is 5.10 Å². The molecule has 1 aromatic carbocycles. The second-order valence-electron chi connectivity index (χ2n) is 8.58. The first-order valence-electron chi connectivity index (χ1n) is 13.9. The molecule has 0 aliphatic carbocycles. The predicted molar refractivity (Wildman–Crippen MR) is 155 cm³/mol. The smallest absolute Gasteiger partial charge is 0.158 e. The van der Waals surface area contributed by atoms with Crippen molar-refractivity contribution in [3.05, 3.63) is 41.9 Å². The molecule has 202 valence electrons. The van der Waals surface area contributed by atoms with Gasteiger partial charge >= 0.3 is 0 Å². The molecule has 36 heavy (non-hydrogen) atoms. The topological polar surface area (TPSA) is 61.2 Å². The summed E-state index contributed by atoms with van der Waals surface area (Å²) in [4.78, 5) is 0. The number of anilines is 1. The highest BCUT2D eigenvalue weighted by Crippen LogP contribution is 2.36. The van der Waals surface area contributed by atoms with Crippen LogP contribution in [0.3, 0.4) is 0 Å². The van der Waals surface area contributed by atoms with E-state index in [9.17, 15) is 0 Å². The van der Waals surface area contributed by atoms with Gasteiger partial charge in [0.15, 0.2) is 5.82 Å². The maximum atomic E-state index is 5.60. The zero-order valence-electron chi connectivity index (χ0n) is 24.3. The van der Waals surface area contributed by atoms with Gasteiger partial charge in [-0.1, -0.05) is 48.5 Å². The summed E-state index contributed by atoms with van der Waals surface area (Å²) in [5, 5.41) is 14.7. The van der Waals surface area contributed by atoms with E-state index in [1.165, 1.54) is 11.1 Å². The second kappa shape index (κ2) is 17.8. The number of benzene rings is 1. The van der Waals surface area contributed by atoms with Gasteiger partial charge in [0.25, 0.3) is 0 Å². The summed E-state index contributed by atoms with van der Waals surface area (Å²) in [5.74, 6) is 2.19. The molecule has 0 aliphatic heterocycles. The van der Waals surface area contributed by atoms with Gasteiger partial charge in [-0.15, -0.1) is 5.10 Å². The Hall–Kier alpha value is -2.60. The first-order chi connectivity index (χ1) is 17.5. The van der Waals surface area contributed by atoms with E-state index >= 15 is 0 Å². The molecule has 1 atom stereocenters. The monoisotopic (exact) mass is 498 g/mol. The van der Waals surface area contributed by atoms with Crippen LogP contribution in [0.1, 0.15) is 98.4 Å². The lowest BCUT2D eigenvalue weighted by molar-refractivity contribution is 0.135. The lowest BCUT2D eigenvalue weighted by Crippen LogP contribution is -2.07. The lowest BCUT2D eigenvalue weighted by Gasteiger charge is -2.16. The summed E-state index contributed by atoms with van der Waals surface area (Å²) in [5.41, 5.74) is 3.38. The van der Waals surface area contributed by atoms with Gasteiger partial charge in [-0.25, -0.2) is 0 Å². The fourth-order valence-corrected chi connectivity index (χ4v) is 3.79. The van der Waals surface area contributed by atoms with Gasteiger partial charge in [0, 0.05) is 48.1 Å². The number of fused-ring (bicyclic) bond motifs is 1. The molecule has 3 aromatic rings. The van der Waals surface area contributed by atoms with E-state index in [1.807, 2.05) is 39.8 Å². The van der Waals surface area contributed by atoms with Gasteiger partial charge in [0.1, 0.15) is 5.75 Å². The molecule has 0 bridgehead atoms. The molecular formula is C30H50N4O2. The SMILES string of the molecule is CC.CCCNc1nnc(C)c2cn(-c3ccc(OCC)cc3)c(C(C)CC)c12.CCCOCCC. The van der Waals surface area contributed by atoms with Crippen LogP contribution in [-0.4, -0.2) is 41.1 Å². The van der Waals surface area contributed by atoms with Crippen LogP contribution in [0.2, 0.25) is 0 Å². The highest BCUT2D eigenvalue weighted by atomic mass is 16.5. The summed E-state index contributed by atoms with van der Waals surface area (Å²) < 4.78 is 13.0. The first-order valence-corrected chi connectivity index (χ1v) is 13.9. The minimum atomic E-state index is 0.403. The third kappa shape index (κ3) is 8.81. The molecule has 0 radical (unpaired) electrons. The molecule has 0 amide bonds. The van der Waals surface area contributed by atoms with Gasteiger partial charge < -0.3 is 19.4 Å². The van der Waals surface area contributed by atoms with E-state index in [4.69, 9.17) is 9.47 Å². The third-order valence-corrected chi connectivity index (χ3v) is 5.71. The van der Waals surface area contributed by atoms with E-state index < -0.39 is 0 Å². The van der Waals surface area contributed by atoms with E-state index in [0.29, 0.717) is 12.5 Å². The Morgan fingerprint density at radius 2 is 1.56 bits per heavy atom. The van der Waals surface area contributed by atoms with Crippen molar-refractivity contribution in [1.29, 1.82) is 0 Å². The highest BCUT2D eigenvalue weighted by molar-refractivity contribution is 5.96. The maximum absolute atomic E-state index is 5.60. The van der Waals surface area contributed by atoms with Crippen LogP contribution in [0.4, 0.5) is 5.82 Å². The van der Waals surface area contributed by atoms with Crippen LogP contribution >= 0.6 is 0 Å². The Balaban J connectivity index is 0.000000623. The number of ether oxygens (including phenoxy) is 2. The minimum absolute atomic E-state index is 0.403. The van der Waals surface area contributed by atoms with Crippen LogP contribution < -0.4 is 10.1 Å². The van der Waals surface area contributed by atoms with Crippen molar-refractivity contribution in [2.24, 2.45) is 0 Å². The summed E-state index contributed by atoms with van der Waals surface area (Å²) in [6.07, 6.45) is 6.59. The largest absolute Gasteiger partial charge is 0.494 e. The molecule has 6 heteroatoms. The first kappa shape index (κ1) is 31.4. The molecule has 1 unspecified atom stereocenters. The fraction of sp³-hybridized carbons (Fsp3) is 0.600. The molecule has 2 heterocycles. The van der Waals surface area contributed by atoms with E-state index in [-0.39, 0.29) is 0 Å². The molecule has 6 nitrogen and oxygen atoms in total. The molecule has 1 N–H and O–H groups in total. The molecule has 0 fully saturated rings. The minimum Gasteiger partial charge on any atom is -0.494 e. The van der Waals surface area contributed by atoms with Crippen LogP contribution in [0.25, 0.3) is 16.5 Å². The Morgan fingerprint density at radius 1 is 0.917 bits per heavy atom. The third-order valence-electron chi connectivity index (χ3n) is 5.71. The van der Waals surface area contributed by atoms with Gasteiger partial charge in [0.2, 0.25) is 0 Å². The van der Waals surface area contributed by atoms with E-state index in [0.717, 1.165) is 73.8 Å². The Labute approximate surface area is 219 Å². The van der Waals surface area contributed by atoms with Crippen LogP contribution in [0.5, 0.6) is 5.75 Å². The van der Waals surface area contributed by atoms with Crippen LogP contribution in [0.15, 0.2) is 30.5 Å². The standard InChI is InChI=1S/C22H30N4O.C6H14O.C2H6/c1-6-13-23-22-20-19(16(5)24-25-22)14-26(21(20)15(4)7-2)17-9-11-18(12-10-17)27-8-3;1-3-5-7-6-4-2;1-2/h9-12,14-15H,6-8,13H2,1-5H3,(H,23,25);3-6H2,1-2H3;1-2H3. The van der Waals surface area contributed by atoms with Crippen molar-refractivity contribution in [2.45, 2.75) is 93.9 Å². The summed E-state index contributed by atoms with van der Waals surface area (Å²) >= 11 is 0. The normalized spacial score (nSPS) is 11.2. The molecule has 2 aromatic heterocycles. The van der Waals surface area contributed by atoms with E-state index in [1.54, 1.807) is 0 Å². The van der Waals surface area contributed by atoms with Crippen molar-refractivity contribution in [1.82, 2.24) is 14.8 Å². The fourth-order valence-electron chi connectivity index (χ4n) is 3.79. The van der Waals surface area contributed by atoms with Gasteiger partial charge in [-0.3, -0.25) is 0 Å². The molecule has 0 aliphatic rings. The van der Waals surface area contributed by atoms with Crippen LogP contribution in [-0.2, 0) is 4.74 Å². The number of rotatable bonds is 12. The molecule has 0 saturated carbocycles. The van der Waals surface area contributed by atoms with Crippen LogP contribution in [0, 0.1) is 6.92 Å². The zero-order chi connectivity index (χ0) is 26.9.